The van der Waals surface area contributed by atoms with Crippen molar-refractivity contribution in [1.29, 1.82) is 0 Å². The molecule has 0 aromatic rings. The Morgan fingerprint density at radius 1 is 0.273 bits per heavy atom. The van der Waals surface area contributed by atoms with Crippen LogP contribution in [0.1, 0.15) is 271 Å². The van der Waals surface area contributed by atoms with Gasteiger partial charge < -0.3 is 9.11 Å². The van der Waals surface area contributed by atoms with Crippen LogP contribution < -0.4 is 0 Å². The monoisotopic (exact) mass is 835 g/mol. The summed E-state index contributed by atoms with van der Waals surface area (Å²) in [6.45, 7) is 4.62. The predicted octanol–water partition coefficient (Wildman–Crippen LogP) is 14.2. The third-order valence-corrected chi connectivity index (χ3v) is 11.4. The summed E-state index contributed by atoms with van der Waals surface area (Å²) >= 11 is 0. The van der Waals surface area contributed by atoms with Gasteiger partial charge in [0, 0.05) is 0 Å². The van der Waals surface area contributed by atoms with E-state index < -0.39 is 20.8 Å². The van der Waals surface area contributed by atoms with Crippen LogP contribution in [0.4, 0.5) is 0 Å². The maximum atomic E-state index is 10.3. The largest absolute Gasteiger partial charge is 2.00 e. The predicted molar refractivity (Wildman–Crippen MR) is 233 cm³/mol. The van der Waals surface area contributed by atoms with Crippen molar-refractivity contribution in [3.05, 3.63) is 0 Å². The summed E-state index contributed by atoms with van der Waals surface area (Å²) in [7, 11) is -9.00. The van der Waals surface area contributed by atoms with Crippen molar-refractivity contribution in [1.82, 2.24) is 0 Å². The molecule has 0 fully saturated rings. The zero-order valence-electron chi connectivity index (χ0n) is 36.5. The molecule has 0 rings (SSSR count). The summed E-state index contributed by atoms with van der Waals surface area (Å²) in [6.07, 6.45) is 52.3. The third kappa shape index (κ3) is 63.9. The molecule has 0 unspecified atom stereocenters. The van der Waals surface area contributed by atoms with Crippen LogP contribution >= 0.6 is 0 Å². The van der Waals surface area contributed by atoms with Crippen molar-refractivity contribution < 1.29 is 34.3 Å². The van der Waals surface area contributed by atoms with Gasteiger partial charge in [0.15, 0.2) is 0 Å². The van der Waals surface area contributed by atoms with Crippen molar-refractivity contribution in [2.75, 3.05) is 13.2 Å². The van der Waals surface area contributed by atoms with Crippen molar-refractivity contribution in [2.24, 2.45) is 0 Å². The van der Waals surface area contributed by atoms with Crippen molar-refractivity contribution in [3.63, 3.8) is 0 Å². The van der Waals surface area contributed by atoms with Gasteiger partial charge in [0.05, 0.1) is 13.2 Å². The van der Waals surface area contributed by atoms with E-state index in [-0.39, 0.29) is 36.3 Å². The Morgan fingerprint density at radius 3 is 0.527 bits per heavy atom. The number of rotatable bonds is 44. The Morgan fingerprint density at radius 2 is 0.400 bits per heavy atom. The molecule has 0 aliphatic heterocycles. The van der Waals surface area contributed by atoms with Gasteiger partial charge in [-0.15, -0.1) is 0 Å². The van der Waals surface area contributed by atoms with Crippen LogP contribution in [0, 0.1) is 0 Å². The minimum Gasteiger partial charge on any atom is -0.726 e. The molecule has 8 nitrogen and oxygen atoms in total. The fourth-order valence-electron chi connectivity index (χ4n) is 7.04. The molecular weight excluding hydrogens is 745 g/mol. The number of unbranched alkanes of at least 4 members (excludes halogenated alkanes) is 38. The first kappa shape index (κ1) is 59.8. The van der Waals surface area contributed by atoms with Gasteiger partial charge in [-0.1, -0.05) is 258 Å². The zero-order valence-corrected chi connectivity index (χ0v) is 39.5. The Bertz CT molecular complexity index is 845. The molecule has 0 atom stereocenters. The fraction of sp³-hybridized carbons (Fsp3) is 1.00. The zero-order chi connectivity index (χ0) is 40.1. The summed E-state index contributed by atoms with van der Waals surface area (Å²) < 4.78 is 69.9. The van der Waals surface area contributed by atoms with Gasteiger partial charge in [-0.05, 0) is 12.8 Å². The summed E-state index contributed by atoms with van der Waals surface area (Å²) in [6, 6.07) is 0. The van der Waals surface area contributed by atoms with Gasteiger partial charge in [-0.3, -0.25) is 8.37 Å². The average molecular weight is 836 g/mol. The molecule has 0 heterocycles. The van der Waals surface area contributed by atoms with Crippen LogP contribution in [0.25, 0.3) is 0 Å². The molecule has 0 spiro atoms. The topological polar surface area (TPSA) is 133 Å². The molecule has 0 aliphatic carbocycles. The number of hydrogen-bond acceptors (Lipinski definition) is 8. The molecule has 0 saturated heterocycles. The molecule has 11 heteroatoms. The van der Waals surface area contributed by atoms with Crippen LogP contribution in [0.2, 0.25) is 0 Å². The van der Waals surface area contributed by atoms with E-state index in [0.717, 1.165) is 25.7 Å². The summed E-state index contributed by atoms with van der Waals surface area (Å²) in [5, 5.41) is 0. The second kappa shape index (κ2) is 48.9. The van der Waals surface area contributed by atoms with Gasteiger partial charge in [0.25, 0.3) is 0 Å². The first-order valence-electron chi connectivity index (χ1n) is 23.3. The van der Waals surface area contributed by atoms with Gasteiger partial charge in [0.1, 0.15) is 0 Å². The smallest absolute Gasteiger partial charge is 0.726 e. The quantitative estimate of drug-likeness (QED) is 0.0256. The van der Waals surface area contributed by atoms with Crippen LogP contribution in [0.5, 0.6) is 0 Å². The van der Waals surface area contributed by atoms with Crippen molar-refractivity contribution >= 4 is 43.9 Å². The van der Waals surface area contributed by atoms with Gasteiger partial charge >= 0.3 is 23.1 Å². The summed E-state index contributed by atoms with van der Waals surface area (Å²) in [5.41, 5.74) is 0. The Balaban J connectivity index is -0.000000966. The number of hydrogen-bond donors (Lipinski definition) is 0. The molecule has 0 saturated carbocycles. The van der Waals surface area contributed by atoms with E-state index in [9.17, 15) is 25.9 Å². The molecular formula is C44H90MgO8S2. The summed E-state index contributed by atoms with van der Waals surface area (Å²) in [4.78, 5) is 0. The molecule has 0 radical (unpaired) electrons. The van der Waals surface area contributed by atoms with E-state index in [4.69, 9.17) is 0 Å². The molecule has 0 aromatic heterocycles. The van der Waals surface area contributed by atoms with Gasteiger partial charge in [0.2, 0.25) is 20.8 Å². The minimum atomic E-state index is -4.50. The maximum absolute atomic E-state index is 10.3. The van der Waals surface area contributed by atoms with E-state index in [1.807, 2.05) is 0 Å². The molecule has 0 bridgehead atoms. The first-order chi connectivity index (χ1) is 26.1. The average Bonchev–Trinajstić information content (AvgIpc) is 3.12. The summed E-state index contributed by atoms with van der Waals surface area (Å²) in [5.74, 6) is 0. The molecule has 0 N–H and O–H groups in total. The SMILES string of the molecule is CCCCCCCCCCCCCCCCCCCCCCOS(=O)(=O)[O-].CCCCCCCCCCCCCCCCCCCCCCOS(=O)(=O)[O-].[Mg+2]. The maximum Gasteiger partial charge on any atom is 2.00 e. The second-order valence-electron chi connectivity index (χ2n) is 15.9. The van der Waals surface area contributed by atoms with Crippen LogP contribution in [-0.4, -0.2) is 62.2 Å². The molecule has 0 aromatic carbocycles. The fourth-order valence-corrected chi connectivity index (χ4v) is 7.68. The normalized spacial score (nSPS) is 11.7. The van der Waals surface area contributed by atoms with E-state index in [0.29, 0.717) is 12.8 Å². The molecule has 0 amide bonds. The third-order valence-electron chi connectivity index (χ3n) is 10.5. The van der Waals surface area contributed by atoms with E-state index in [1.54, 1.807) is 0 Å². The van der Waals surface area contributed by atoms with E-state index in [1.165, 1.54) is 218 Å². The van der Waals surface area contributed by atoms with Crippen molar-refractivity contribution in [2.45, 2.75) is 271 Å². The first-order valence-corrected chi connectivity index (χ1v) is 26.0. The standard InChI is InChI=1S/2C22H46O4S.Mg/c2*1-2-3-4-5-6-7-8-9-10-11-12-13-14-15-16-17-18-19-20-21-22-26-27(23,24)25;/h2*2-22H2,1H3,(H,23,24,25);/q;;+2/p-2. The van der Waals surface area contributed by atoms with Crippen molar-refractivity contribution in [3.8, 4) is 0 Å². The van der Waals surface area contributed by atoms with Gasteiger partial charge in [-0.25, -0.2) is 16.8 Å². The van der Waals surface area contributed by atoms with Crippen LogP contribution in [-0.2, 0) is 29.2 Å². The van der Waals surface area contributed by atoms with Crippen LogP contribution in [0.15, 0.2) is 0 Å². The van der Waals surface area contributed by atoms with Gasteiger partial charge in [-0.2, -0.15) is 0 Å². The Kier molecular flexibility index (Phi) is 53.2. The van der Waals surface area contributed by atoms with E-state index in [2.05, 4.69) is 22.2 Å². The van der Waals surface area contributed by atoms with Crippen LogP contribution in [0.3, 0.4) is 0 Å². The molecule has 55 heavy (non-hydrogen) atoms. The van der Waals surface area contributed by atoms with E-state index >= 15 is 0 Å². The minimum absolute atomic E-state index is 0. The molecule has 0 aliphatic rings. The molecule has 328 valence electrons. The second-order valence-corrected chi connectivity index (χ2v) is 18.0. The Labute approximate surface area is 360 Å². The Hall–Kier alpha value is 0.506.